The summed E-state index contributed by atoms with van der Waals surface area (Å²) >= 11 is 0. The summed E-state index contributed by atoms with van der Waals surface area (Å²) in [5.41, 5.74) is 3.65. The van der Waals surface area contributed by atoms with Crippen molar-refractivity contribution in [3.63, 3.8) is 0 Å². The zero-order chi connectivity index (χ0) is 19.0. The minimum absolute atomic E-state index is 0.0814. The van der Waals surface area contributed by atoms with Crippen LogP contribution in [0.2, 0.25) is 0 Å². The minimum atomic E-state index is -0.455. The van der Waals surface area contributed by atoms with Gasteiger partial charge in [0, 0.05) is 29.3 Å². The Morgan fingerprint density at radius 3 is 2.78 bits per heavy atom. The number of Topliss-reactive ketones (excluding diaryl/α,β-unsaturated/α-hetero) is 1. The van der Waals surface area contributed by atoms with E-state index in [1.54, 1.807) is 6.92 Å². The average Bonchev–Trinajstić information content (AvgIpc) is 2.67. The lowest BCUT2D eigenvalue weighted by molar-refractivity contribution is -0.138. The predicted octanol–water partition coefficient (Wildman–Crippen LogP) is 2.99. The molecule has 0 saturated heterocycles. The van der Waals surface area contributed by atoms with E-state index in [1.807, 2.05) is 25.1 Å². The molecule has 1 N–H and O–H groups in total. The van der Waals surface area contributed by atoms with Crippen LogP contribution in [-0.2, 0) is 14.3 Å². The van der Waals surface area contributed by atoms with Crippen LogP contribution in [-0.4, -0.2) is 31.6 Å². The van der Waals surface area contributed by atoms with Gasteiger partial charge in [-0.1, -0.05) is 6.07 Å². The summed E-state index contributed by atoms with van der Waals surface area (Å²) in [5.74, 6) is 0.555. The molecule has 27 heavy (non-hydrogen) atoms. The van der Waals surface area contributed by atoms with Crippen molar-refractivity contribution in [2.24, 2.45) is 0 Å². The second kappa shape index (κ2) is 7.10. The van der Waals surface area contributed by atoms with Crippen LogP contribution in [0.4, 0.5) is 0 Å². The molecule has 0 amide bonds. The smallest absolute Gasteiger partial charge is 0.336 e. The maximum atomic E-state index is 12.8. The van der Waals surface area contributed by atoms with Gasteiger partial charge in [0.1, 0.15) is 13.2 Å². The fraction of sp³-hybridized carbons (Fsp3) is 0.429. The maximum Gasteiger partial charge on any atom is 0.336 e. The highest BCUT2D eigenvalue weighted by atomic mass is 16.6. The van der Waals surface area contributed by atoms with Crippen LogP contribution in [0.3, 0.4) is 0 Å². The SMILES string of the molecule is CCOC(=O)C1=C(C)NC2=C(C(=O)CCC2)C1c1ccc2c(c1)OCCO2. The standard InChI is InChI=1S/C21H23NO5/c1-3-25-21(24)18-12(2)22-14-5-4-6-15(23)20(14)19(18)13-7-8-16-17(11-13)27-10-9-26-16/h7-8,11,19,22H,3-6,9-10H2,1-2H3. The number of carbonyl (C=O) groups is 2. The Hall–Kier alpha value is -2.76. The first kappa shape index (κ1) is 17.6. The van der Waals surface area contributed by atoms with Gasteiger partial charge in [0.05, 0.1) is 12.2 Å². The van der Waals surface area contributed by atoms with E-state index in [9.17, 15) is 9.59 Å². The van der Waals surface area contributed by atoms with Gasteiger partial charge in [-0.15, -0.1) is 0 Å². The van der Waals surface area contributed by atoms with Gasteiger partial charge in [-0.2, -0.15) is 0 Å². The molecule has 0 fully saturated rings. The van der Waals surface area contributed by atoms with Gasteiger partial charge in [-0.05, 0) is 44.4 Å². The number of benzene rings is 1. The van der Waals surface area contributed by atoms with E-state index in [-0.39, 0.29) is 12.4 Å². The lowest BCUT2D eigenvalue weighted by atomic mass is 9.75. The number of rotatable bonds is 3. The van der Waals surface area contributed by atoms with Gasteiger partial charge < -0.3 is 19.5 Å². The zero-order valence-electron chi connectivity index (χ0n) is 15.6. The molecule has 0 aromatic heterocycles. The Morgan fingerprint density at radius 2 is 2.00 bits per heavy atom. The largest absolute Gasteiger partial charge is 0.486 e. The van der Waals surface area contributed by atoms with Crippen molar-refractivity contribution in [2.45, 2.75) is 39.0 Å². The third-order valence-electron chi connectivity index (χ3n) is 5.17. The molecule has 0 radical (unpaired) electrons. The molecule has 1 aromatic rings. The monoisotopic (exact) mass is 369 g/mol. The Morgan fingerprint density at radius 1 is 1.22 bits per heavy atom. The van der Waals surface area contributed by atoms with Crippen LogP contribution in [0.1, 0.15) is 44.6 Å². The number of nitrogens with one attached hydrogen (secondary N) is 1. The molecule has 0 saturated carbocycles. The molecular formula is C21H23NO5. The fourth-order valence-corrected chi connectivity index (χ4v) is 4.04. The average molecular weight is 369 g/mol. The van der Waals surface area contributed by atoms with Crippen molar-refractivity contribution in [3.05, 3.63) is 46.3 Å². The summed E-state index contributed by atoms with van der Waals surface area (Å²) in [7, 11) is 0. The molecule has 0 bridgehead atoms. The maximum absolute atomic E-state index is 12.8. The van der Waals surface area contributed by atoms with Crippen LogP contribution in [0.15, 0.2) is 40.7 Å². The molecular weight excluding hydrogens is 346 g/mol. The highest BCUT2D eigenvalue weighted by molar-refractivity contribution is 6.03. The lowest BCUT2D eigenvalue weighted by Crippen LogP contribution is -2.34. The van der Waals surface area contributed by atoms with Crippen molar-refractivity contribution in [1.82, 2.24) is 5.32 Å². The molecule has 3 aliphatic rings. The van der Waals surface area contributed by atoms with Gasteiger partial charge in [0.2, 0.25) is 0 Å². The first-order valence-corrected chi connectivity index (χ1v) is 9.40. The molecule has 6 heteroatoms. The highest BCUT2D eigenvalue weighted by Crippen LogP contribution is 2.44. The van der Waals surface area contributed by atoms with Crippen LogP contribution in [0.25, 0.3) is 0 Å². The molecule has 1 aromatic carbocycles. The number of allylic oxidation sites excluding steroid dienone is 3. The number of fused-ring (bicyclic) bond motifs is 1. The van der Waals surface area contributed by atoms with Gasteiger partial charge in [-0.3, -0.25) is 4.79 Å². The van der Waals surface area contributed by atoms with Gasteiger partial charge in [0.15, 0.2) is 17.3 Å². The molecule has 1 atom stereocenters. The fourth-order valence-electron chi connectivity index (χ4n) is 4.04. The first-order chi connectivity index (χ1) is 13.1. The molecule has 0 spiro atoms. The van der Waals surface area contributed by atoms with E-state index in [2.05, 4.69) is 5.32 Å². The molecule has 4 rings (SSSR count). The highest BCUT2D eigenvalue weighted by Gasteiger charge is 2.39. The van der Waals surface area contributed by atoms with Gasteiger partial charge >= 0.3 is 5.97 Å². The molecule has 2 heterocycles. The van der Waals surface area contributed by atoms with E-state index < -0.39 is 11.9 Å². The van der Waals surface area contributed by atoms with Crippen molar-refractivity contribution >= 4 is 11.8 Å². The predicted molar refractivity (Wildman–Crippen MR) is 98.5 cm³/mol. The Balaban J connectivity index is 1.85. The number of dihydropyridines is 1. The third kappa shape index (κ3) is 3.09. The number of hydrogen-bond donors (Lipinski definition) is 1. The molecule has 6 nitrogen and oxygen atoms in total. The number of carbonyl (C=O) groups excluding carboxylic acids is 2. The normalized spacial score (nSPS) is 21.6. The zero-order valence-corrected chi connectivity index (χ0v) is 15.6. The number of esters is 1. The van der Waals surface area contributed by atoms with Crippen molar-refractivity contribution < 1.29 is 23.8 Å². The minimum Gasteiger partial charge on any atom is -0.486 e. The summed E-state index contributed by atoms with van der Waals surface area (Å²) in [6, 6.07) is 5.63. The summed E-state index contributed by atoms with van der Waals surface area (Å²) in [6.45, 7) is 4.92. The topological polar surface area (TPSA) is 73.9 Å². The Kier molecular flexibility index (Phi) is 4.64. The second-order valence-corrected chi connectivity index (χ2v) is 6.89. The summed E-state index contributed by atoms with van der Waals surface area (Å²) in [6.07, 6.45) is 2.12. The van der Waals surface area contributed by atoms with E-state index >= 15 is 0 Å². The van der Waals surface area contributed by atoms with E-state index in [0.29, 0.717) is 42.3 Å². The number of ether oxygens (including phenoxy) is 3. The molecule has 1 aliphatic carbocycles. The van der Waals surface area contributed by atoms with Crippen LogP contribution >= 0.6 is 0 Å². The Bertz CT molecular complexity index is 867. The third-order valence-corrected chi connectivity index (χ3v) is 5.17. The van der Waals surface area contributed by atoms with Crippen molar-refractivity contribution in [3.8, 4) is 11.5 Å². The molecule has 1 unspecified atom stereocenters. The van der Waals surface area contributed by atoms with E-state index in [4.69, 9.17) is 14.2 Å². The van der Waals surface area contributed by atoms with Crippen molar-refractivity contribution in [1.29, 1.82) is 0 Å². The second-order valence-electron chi connectivity index (χ2n) is 6.89. The van der Waals surface area contributed by atoms with Crippen LogP contribution < -0.4 is 14.8 Å². The van der Waals surface area contributed by atoms with Crippen LogP contribution in [0.5, 0.6) is 11.5 Å². The van der Waals surface area contributed by atoms with Crippen molar-refractivity contribution in [2.75, 3.05) is 19.8 Å². The lowest BCUT2D eigenvalue weighted by Gasteiger charge is -2.34. The van der Waals surface area contributed by atoms with Crippen LogP contribution in [0, 0.1) is 0 Å². The molecule has 2 aliphatic heterocycles. The van der Waals surface area contributed by atoms with Gasteiger partial charge in [0.25, 0.3) is 0 Å². The summed E-state index contributed by atoms with van der Waals surface area (Å²) < 4.78 is 16.6. The summed E-state index contributed by atoms with van der Waals surface area (Å²) in [5, 5.41) is 3.28. The Labute approximate surface area is 158 Å². The van der Waals surface area contributed by atoms with Gasteiger partial charge in [-0.25, -0.2) is 4.79 Å². The molecule has 142 valence electrons. The van der Waals surface area contributed by atoms with E-state index in [1.165, 1.54) is 0 Å². The number of hydrogen-bond acceptors (Lipinski definition) is 6. The first-order valence-electron chi connectivity index (χ1n) is 9.40. The quantitative estimate of drug-likeness (QED) is 0.826. The van der Waals surface area contributed by atoms with E-state index in [0.717, 1.165) is 29.8 Å². The number of ketones is 1. The summed E-state index contributed by atoms with van der Waals surface area (Å²) in [4.78, 5) is 25.6.